The fraction of sp³-hybridized carbons (Fsp3) is 0.857. The van der Waals surface area contributed by atoms with E-state index in [1.54, 1.807) is 0 Å². The highest BCUT2D eigenvalue weighted by Crippen LogP contribution is 2.18. The summed E-state index contributed by atoms with van der Waals surface area (Å²) in [6.07, 6.45) is 70.1. The second-order valence-electron chi connectivity index (χ2n) is 20.6. The molecule has 0 aliphatic heterocycles. The Morgan fingerprint density at radius 3 is 0.884 bits per heavy atom. The third-order valence-corrected chi connectivity index (χ3v) is 13.7. The average molecular weight is 970 g/mol. The van der Waals surface area contributed by atoms with E-state index in [-0.39, 0.29) is 31.1 Å². The molecule has 0 saturated carbocycles. The van der Waals surface area contributed by atoms with Crippen molar-refractivity contribution in [1.29, 1.82) is 0 Å². The molecule has 0 N–H and O–H groups in total. The molecule has 0 rings (SSSR count). The van der Waals surface area contributed by atoms with Crippen molar-refractivity contribution in [1.82, 2.24) is 0 Å². The first kappa shape index (κ1) is 66.6. The van der Waals surface area contributed by atoms with Gasteiger partial charge >= 0.3 is 17.9 Å². The van der Waals surface area contributed by atoms with E-state index in [0.29, 0.717) is 19.3 Å². The van der Waals surface area contributed by atoms with Gasteiger partial charge in [0.2, 0.25) is 0 Å². The van der Waals surface area contributed by atoms with E-state index in [4.69, 9.17) is 14.2 Å². The predicted molar refractivity (Wildman–Crippen MR) is 298 cm³/mol. The zero-order valence-electron chi connectivity index (χ0n) is 46.3. The molecule has 6 nitrogen and oxygen atoms in total. The van der Waals surface area contributed by atoms with Crippen molar-refractivity contribution in [3.8, 4) is 0 Å². The summed E-state index contributed by atoms with van der Waals surface area (Å²) in [7, 11) is 0. The van der Waals surface area contributed by atoms with Crippen molar-refractivity contribution in [2.24, 2.45) is 0 Å². The van der Waals surface area contributed by atoms with Gasteiger partial charge < -0.3 is 14.2 Å². The van der Waals surface area contributed by atoms with E-state index in [2.05, 4.69) is 57.2 Å². The third-order valence-electron chi connectivity index (χ3n) is 13.7. The topological polar surface area (TPSA) is 78.9 Å². The molecule has 0 amide bonds. The first-order chi connectivity index (χ1) is 34.0. The van der Waals surface area contributed by atoms with Gasteiger partial charge in [0.15, 0.2) is 6.10 Å². The van der Waals surface area contributed by atoms with Gasteiger partial charge in [0, 0.05) is 19.3 Å². The average Bonchev–Trinajstić information content (AvgIpc) is 3.35. The quantitative estimate of drug-likeness (QED) is 0.0261. The lowest BCUT2D eigenvalue weighted by Crippen LogP contribution is -2.30. The molecular formula is C63H116O6. The molecule has 404 valence electrons. The summed E-state index contributed by atoms with van der Waals surface area (Å²) < 4.78 is 16.9. The molecule has 6 heteroatoms. The summed E-state index contributed by atoms with van der Waals surface area (Å²) in [6.45, 7) is 6.56. The number of carbonyl (C=O) groups is 3. The normalized spacial score (nSPS) is 12.2. The summed E-state index contributed by atoms with van der Waals surface area (Å²) in [5.74, 6) is -0.863. The molecule has 69 heavy (non-hydrogen) atoms. The number of esters is 3. The van der Waals surface area contributed by atoms with Crippen LogP contribution in [0.4, 0.5) is 0 Å². The smallest absolute Gasteiger partial charge is 0.306 e. The van der Waals surface area contributed by atoms with Gasteiger partial charge in [-0.05, 0) is 51.4 Å². The van der Waals surface area contributed by atoms with E-state index in [1.807, 2.05) is 0 Å². The molecule has 0 spiro atoms. The fourth-order valence-electron chi connectivity index (χ4n) is 9.11. The van der Waals surface area contributed by atoms with Crippen molar-refractivity contribution in [3.05, 3.63) is 36.5 Å². The van der Waals surface area contributed by atoms with Crippen molar-refractivity contribution in [2.75, 3.05) is 13.2 Å². The van der Waals surface area contributed by atoms with E-state index in [0.717, 1.165) is 83.5 Å². The Balaban J connectivity index is 4.19. The standard InChI is InChI=1S/C63H116O6/c1-4-7-10-13-16-19-22-24-26-28-29-30-31-32-33-34-36-37-39-41-44-47-50-53-56-62(65)68-59-60(58-67-61(64)55-52-49-46-43-21-18-15-12-9-6-3)69-63(66)57-54-51-48-45-42-40-38-35-27-25-23-20-17-14-11-8-5-2/h8,11,17,20,25,27,60H,4-7,9-10,12-16,18-19,21-24,26,28-59H2,1-3H3/b11-8-,20-17-,27-25-. The minimum atomic E-state index is -0.773. The van der Waals surface area contributed by atoms with Crippen LogP contribution in [0.5, 0.6) is 0 Å². The Kier molecular flexibility index (Phi) is 56.2. The monoisotopic (exact) mass is 969 g/mol. The van der Waals surface area contributed by atoms with Crippen LogP contribution < -0.4 is 0 Å². The van der Waals surface area contributed by atoms with E-state index >= 15 is 0 Å². The maximum Gasteiger partial charge on any atom is 0.306 e. The third kappa shape index (κ3) is 56.4. The van der Waals surface area contributed by atoms with Crippen molar-refractivity contribution >= 4 is 17.9 Å². The van der Waals surface area contributed by atoms with Crippen LogP contribution >= 0.6 is 0 Å². The lowest BCUT2D eigenvalue weighted by atomic mass is 10.0. The molecule has 1 unspecified atom stereocenters. The Morgan fingerprint density at radius 1 is 0.304 bits per heavy atom. The number of rotatable bonds is 56. The minimum absolute atomic E-state index is 0.0714. The van der Waals surface area contributed by atoms with Crippen LogP contribution in [0.1, 0.15) is 329 Å². The SMILES string of the molecule is CC/C=C\C/C=C\C/C=C\CCCCCCCCCC(=O)OC(COC(=O)CCCCCCCCCCCC)COC(=O)CCCCCCCCCCCCCCCCCCCCCCCCCC. The number of allylic oxidation sites excluding steroid dienone is 6. The summed E-state index contributed by atoms with van der Waals surface area (Å²) >= 11 is 0. The highest BCUT2D eigenvalue weighted by molar-refractivity contribution is 5.71. The van der Waals surface area contributed by atoms with Gasteiger partial charge in [-0.25, -0.2) is 0 Å². The van der Waals surface area contributed by atoms with E-state index < -0.39 is 6.10 Å². The Bertz CT molecular complexity index is 1160. The zero-order valence-corrected chi connectivity index (χ0v) is 46.3. The second kappa shape index (κ2) is 58.2. The number of ether oxygens (including phenoxy) is 3. The minimum Gasteiger partial charge on any atom is -0.462 e. The molecule has 0 bridgehead atoms. The lowest BCUT2D eigenvalue weighted by Gasteiger charge is -2.18. The maximum absolute atomic E-state index is 12.8. The van der Waals surface area contributed by atoms with Gasteiger partial charge in [-0.15, -0.1) is 0 Å². The Hall–Kier alpha value is -2.37. The van der Waals surface area contributed by atoms with Crippen molar-refractivity contribution in [3.63, 3.8) is 0 Å². The van der Waals surface area contributed by atoms with Crippen LogP contribution in [0, 0.1) is 0 Å². The van der Waals surface area contributed by atoms with Crippen LogP contribution in [-0.4, -0.2) is 37.2 Å². The number of hydrogen-bond donors (Lipinski definition) is 0. The molecule has 0 heterocycles. The number of hydrogen-bond acceptors (Lipinski definition) is 6. The fourth-order valence-corrected chi connectivity index (χ4v) is 9.11. The summed E-state index contributed by atoms with van der Waals surface area (Å²) in [4.78, 5) is 38.1. The van der Waals surface area contributed by atoms with E-state index in [1.165, 1.54) is 205 Å². The first-order valence-electron chi connectivity index (χ1n) is 30.5. The van der Waals surface area contributed by atoms with Crippen LogP contribution in [0.25, 0.3) is 0 Å². The van der Waals surface area contributed by atoms with Gasteiger partial charge in [0.25, 0.3) is 0 Å². The molecular weight excluding hydrogens is 853 g/mol. The van der Waals surface area contributed by atoms with Gasteiger partial charge in [0.1, 0.15) is 13.2 Å². The Labute approximate surface area is 429 Å². The van der Waals surface area contributed by atoms with E-state index in [9.17, 15) is 14.4 Å². The highest BCUT2D eigenvalue weighted by atomic mass is 16.6. The first-order valence-corrected chi connectivity index (χ1v) is 30.5. The lowest BCUT2D eigenvalue weighted by molar-refractivity contribution is -0.167. The molecule has 0 radical (unpaired) electrons. The largest absolute Gasteiger partial charge is 0.462 e. The molecule has 0 aromatic heterocycles. The molecule has 1 atom stereocenters. The van der Waals surface area contributed by atoms with Crippen LogP contribution in [0.2, 0.25) is 0 Å². The number of carbonyl (C=O) groups excluding carboxylic acids is 3. The predicted octanol–water partition coefficient (Wildman–Crippen LogP) is 20.4. The molecule has 0 fully saturated rings. The van der Waals surface area contributed by atoms with Crippen LogP contribution in [-0.2, 0) is 28.6 Å². The molecule has 0 aliphatic rings. The zero-order chi connectivity index (χ0) is 50.0. The molecule has 0 saturated heterocycles. The van der Waals surface area contributed by atoms with Crippen LogP contribution in [0.3, 0.4) is 0 Å². The molecule has 0 aliphatic carbocycles. The van der Waals surface area contributed by atoms with Gasteiger partial charge in [-0.3, -0.25) is 14.4 Å². The summed E-state index contributed by atoms with van der Waals surface area (Å²) in [5, 5.41) is 0. The van der Waals surface area contributed by atoms with Gasteiger partial charge in [0.05, 0.1) is 0 Å². The highest BCUT2D eigenvalue weighted by Gasteiger charge is 2.19. The Morgan fingerprint density at radius 2 is 0.565 bits per heavy atom. The molecule has 0 aromatic rings. The maximum atomic E-state index is 12.8. The second-order valence-corrected chi connectivity index (χ2v) is 20.6. The van der Waals surface area contributed by atoms with Gasteiger partial charge in [-0.2, -0.15) is 0 Å². The van der Waals surface area contributed by atoms with Gasteiger partial charge in [-0.1, -0.05) is 295 Å². The van der Waals surface area contributed by atoms with Crippen molar-refractivity contribution < 1.29 is 28.6 Å². The molecule has 0 aromatic carbocycles. The van der Waals surface area contributed by atoms with Crippen molar-refractivity contribution in [2.45, 2.75) is 335 Å². The number of unbranched alkanes of at least 4 members (excludes halogenated alkanes) is 39. The summed E-state index contributed by atoms with van der Waals surface area (Å²) in [6, 6.07) is 0. The van der Waals surface area contributed by atoms with Crippen LogP contribution in [0.15, 0.2) is 36.5 Å². The summed E-state index contributed by atoms with van der Waals surface area (Å²) in [5.41, 5.74) is 0.